The zero-order valence-corrected chi connectivity index (χ0v) is 14.2. The molecule has 0 radical (unpaired) electrons. The maximum atomic E-state index is 5.22. The summed E-state index contributed by atoms with van der Waals surface area (Å²) in [6, 6.07) is 14.6. The van der Waals surface area contributed by atoms with Gasteiger partial charge < -0.3 is 4.74 Å². The molecule has 2 rings (SSSR count). The summed E-state index contributed by atoms with van der Waals surface area (Å²) < 4.78 is 6.29. The van der Waals surface area contributed by atoms with Crippen molar-refractivity contribution in [3.8, 4) is 5.75 Å². The molecule has 0 amide bonds. The predicted molar refractivity (Wildman–Crippen MR) is 87.2 cm³/mol. The van der Waals surface area contributed by atoms with Crippen LogP contribution in [0.2, 0.25) is 0 Å². The summed E-state index contributed by atoms with van der Waals surface area (Å²) >= 11 is 7.39. The molecule has 0 spiro atoms. The van der Waals surface area contributed by atoms with Crippen LogP contribution >= 0.6 is 31.9 Å². The third-order valence-electron chi connectivity index (χ3n) is 3.21. The molecular weight excluding hydrogens is 368 g/mol. The van der Waals surface area contributed by atoms with Crippen LogP contribution < -0.4 is 4.74 Å². The summed E-state index contributed by atoms with van der Waals surface area (Å²) in [6.45, 7) is 2.15. The Morgan fingerprint density at radius 1 is 1.16 bits per heavy atom. The van der Waals surface area contributed by atoms with Crippen molar-refractivity contribution in [3.63, 3.8) is 0 Å². The minimum absolute atomic E-state index is 0.286. The second-order valence-corrected chi connectivity index (χ2v) is 6.45. The maximum absolute atomic E-state index is 5.22. The lowest BCUT2D eigenvalue weighted by Gasteiger charge is -2.14. The van der Waals surface area contributed by atoms with Crippen LogP contribution in [-0.4, -0.2) is 7.11 Å². The molecule has 2 aromatic carbocycles. The van der Waals surface area contributed by atoms with Gasteiger partial charge in [0.2, 0.25) is 0 Å². The minimum atomic E-state index is 0.286. The fourth-order valence-corrected chi connectivity index (χ4v) is 3.72. The molecule has 0 bridgehead atoms. The molecule has 19 heavy (non-hydrogen) atoms. The fourth-order valence-electron chi connectivity index (χ4n) is 2.03. The van der Waals surface area contributed by atoms with Crippen molar-refractivity contribution in [3.05, 3.63) is 63.6 Å². The van der Waals surface area contributed by atoms with E-state index in [0.29, 0.717) is 0 Å². The van der Waals surface area contributed by atoms with Crippen LogP contribution in [0, 0.1) is 6.92 Å². The predicted octanol–water partition coefficient (Wildman–Crippen LogP) is 5.44. The molecule has 1 unspecified atom stereocenters. The summed E-state index contributed by atoms with van der Waals surface area (Å²) in [5, 5.41) is 0. The minimum Gasteiger partial charge on any atom is -0.497 e. The van der Waals surface area contributed by atoms with Crippen LogP contribution in [-0.2, 0) is 6.42 Å². The standard InChI is InChI=1S/C16H16Br2O/c1-11-5-3-4-6-12(11)9-15(17)14-8-7-13(19-2)10-16(14)18/h3-8,10,15H,9H2,1-2H3. The molecule has 0 aromatic heterocycles. The first-order valence-electron chi connectivity index (χ1n) is 6.14. The topological polar surface area (TPSA) is 9.23 Å². The molecule has 1 atom stereocenters. The van der Waals surface area contributed by atoms with E-state index in [9.17, 15) is 0 Å². The van der Waals surface area contributed by atoms with Crippen molar-refractivity contribution in [2.45, 2.75) is 18.2 Å². The van der Waals surface area contributed by atoms with Gasteiger partial charge in [-0.15, -0.1) is 0 Å². The van der Waals surface area contributed by atoms with Crippen LogP contribution in [0.1, 0.15) is 21.5 Å². The molecule has 0 aliphatic carbocycles. The third kappa shape index (κ3) is 3.61. The van der Waals surface area contributed by atoms with Crippen LogP contribution in [0.15, 0.2) is 46.9 Å². The Labute approximate surface area is 131 Å². The van der Waals surface area contributed by atoms with E-state index < -0.39 is 0 Å². The first kappa shape index (κ1) is 14.6. The molecule has 0 saturated heterocycles. The van der Waals surface area contributed by atoms with E-state index in [1.807, 2.05) is 12.1 Å². The molecule has 0 heterocycles. The number of rotatable bonds is 4. The van der Waals surface area contributed by atoms with Gasteiger partial charge in [-0.2, -0.15) is 0 Å². The van der Waals surface area contributed by atoms with Crippen LogP contribution in [0.4, 0.5) is 0 Å². The lowest BCUT2D eigenvalue weighted by molar-refractivity contribution is 0.414. The van der Waals surface area contributed by atoms with Crippen LogP contribution in [0.25, 0.3) is 0 Å². The van der Waals surface area contributed by atoms with Gasteiger partial charge in [-0.1, -0.05) is 62.2 Å². The summed E-state index contributed by atoms with van der Waals surface area (Å²) in [6.07, 6.45) is 0.970. The zero-order chi connectivity index (χ0) is 13.8. The molecule has 0 saturated carbocycles. The van der Waals surface area contributed by atoms with Gasteiger partial charge >= 0.3 is 0 Å². The fraction of sp³-hybridized carbons (Fsp3) is 0.250. The maximum Gasteiger partial charge on any atom is 0.120 e. The Morgan fingerprint density at radius 2 is 1.89 bits per heavy atom. The van der Waals surface area contributed by atoms with E-state index in [2.05, 4.69) is 69.1 Å². The van der Waals surface area contributed by atoms with Crippen molar-refractivity contribution < 1.29 is 4.74 Å². The summed E-state index contributed by atoms with van der Waals surface area (Å²) in [7, 11) is 1.68. The molecule has 100 valence electrons. The second kappa shape index (κ2) is 6.58. The van der Waals surface area contributed by atoms with Gasteiger partial charge in [0.1, 0.15) is 5.75 Å². The van der Waals surface area contributed by atoms with Gasteiger partial charge in [-0.25, -0.2) is 0 Å². The number of halogens is 2. The smallest absolute Gasteiger partial charge is 0.120 e. The molecule has 0 fully saturated rings. The summed E-state index contributed by atoms with van der Waals surface area (Å²) in [4.78, 5) is 0.286. The van der Waals surface area contributed by atoms with Gasteiger partial charge in [-0.05, 0) is 42.2 Å². The first-order valence-corrected chi connectivity index (χ1v) is 7.84. The third-order valence-corrected chi connectivity index (χ3v) is 4.71. The lowest BCUT2D eigenvalue weighted by Crippen LogP contribution is -1.98. The lowest BCUT2D eigenvalue weighted by atomic mass is 10.0. The molecule has 0 aliphatic rings. The van der Waals surface area contributed by atoms with E-state index in [4.69, 9.17) is 4.74 Å². The number of benzene rings is 2. The second-order valence-electron chi connectivity index (χ2n) is 4.49. The zero-order valence-electron chi connectivity index (χ0n) is 11.0. The monoisotopic (exact) mass is 382 g/mol. The van der Waals surface area contributed by atoms with E-state index in [1.165, 1.54) is 16.7 Å². The number of methoxy groups -OCH3 is 1. The van der Waals surface area contributed by atoms with Crippen molar-refractivity contribution in [2.75, 3.05) is 7.11 Å². The molecule has 2 aromatic rings. The highest BCUT2D eigenvalue weighted by molar-refractivity contribution is 9.11. The number of hydrogen-bond donors (Lipinski definition) is 0. The number of hydrogen-bond acceptors (Lipinski definition) is 1. The summed E-state index contributed by atoms with van der Waals surface area (Å²) in [5.41, 5.74) is 3.94. The van der Waals surface area contributed by atoms with Gasteiger partial charge in [0.05, 0.1) is 7.11 Å². The van der Waals surface area contributed by atoms with E-state index in [1.54, 1.807) is 7.11 Å². The molecule has 0 N–H and O–H groups in total. The quantitative estimate of drug-likeness (QED) is 0.638. The Kier molecular flexibility index (Phi) is 5.06. The highest BCUT2D eigenvalue weighted by Crippen LogP contribution is 2.35. The summed E-state index contributed by atoms with van der Waals surface area (Å²) in [5.74, 6) is 0.867. The Hall–Kier alpha value is -0.800. The molecule has 0 aliphatic heterocycles. The molecule has 1 nitrogen and oxygen atoms in total. The number of aryl methyl sites for hydroxylation is 1. The van der Waals surface area contributed by atoms with Gasteiger partial charge in [0.15, 0.2) is 0 Å². The van der Waals surface area contributed by atoms with E-state index in [0.717, 1.165) is 16.6 Å². The first-order chi connectivity index (χ1) is 9.11. The van der Waals surface area contributed by atoms with Crippen molar-refractivity contribution in [1.29, 1.82) is 0 Å². The van der Waals surface area contributed by atoms with E-state index >= 15 is 0 Å². The normalized spacial score (nSPS) is 12.2. The average molecular weight is 384 g/mol. The SMILES string of the molecule is COc1ccc(C(Br)Cc2ccccc2C)c(Br)c1. The number of alkyl halides is 1. The van der Waals surface area contributed by atoms with Crippen molar-refractivity contribution in [2.24, 2.45) is 0 Å². The Morgan fingerprint density at radius 3 is 2.53 bits per heavy atom. The Bertz CT molecular complexity index is 566. The van der Waals surface area contributed by atoms with Gasteiger partial charge in [0, 0.05) is 9.30 Å². The van der Waals surface area contributed by atoms with E-state index in [-0.39, 0.29) is 4.83 Å². The molecule has 3 heteroatoms. The Balaban J connectivity index is 2.21. The largest absolute Gasteiger partial charge is 0.497 e. The highest BCUT2D eigenvalue weighted by atomic mass is 79.9. The molecular formula is C16H16Br2O. The van der Waals surface area contributed by atoms with Crippen molar-refractivity contribution in [1.82, 2.24) is 0 Å². The van der Waals surface area contributed by atoms with Crippen LogP contribution in [0.5, 0.6) is 5.75 Å². The number of ether oxygens (including phenoxy) is 1. The average Bonchev–Trinajstić information content (AvgIpc) is 2.41. The highest BCUT2D eigenvalue weighted by Gasteiger charge is 2.13. The van der Waals surface area contributed by atoms with Crippen LogP contribution in [0.3, 0.4) is 0 Å². The van der Waals surface area contributed by atoms with Crippen molar-refractivity contribution >= 4 is 31.9 Å². The van der Waals surface area contributed by atoms with Gasteiger partial charge in [0.25, 0.3) is 0 Å². The van der Waals surface area contributed by atoms with Gasteiger partial charge in [-0.3, -0.25) is 0 Å².